The second-order valence-corrected chi connectivity index (χ2v) is 4.41. The average molecular weight is 291 g/mol. The Hall–Kier alpha value is -2.90. The van der Waals surface area contributed by atoms with Crippen LogP contribution in [0.5, 0.6) is 0 Å². The Labute approximate surface area is 118 Å². The lowest BCUT2D eigenvalue weighted by Crippen LogP contribution is -2.41. The second kappa shape index (κ2) is 6.04. The first-order valence-electron chi connectivity index (χ1n) is 6.17. The van der Waals surface area contributed by atoms with E-state index in [0.717, 1.165) is 0 Å². The number of fused-ring (bicyclic) bond motifs is 1. The van der Waals surface area contributed by atoms with Crippen LogP contribution in [-0.4, -0.2) is 44.3 Å². The number of para-hydroxylation sites is 1. The molecule has 2 rings (SSSR count). The summed E-state index contributed by atoms with van der Waals surface area (Å²) in [7, 11) is 0. The third-order valence-electron chi connectivity index (χ3n) is 2.94. The number of aromatic amines is 1. The van der Waals surface area contributed by atoms with Crippen molar-refractivity contribution in [2.45, 2.75) is 18.9 Å². The Morgan fingerprint density at radius 1 is 1.24 bits per heavy atom. The van der Waals surface area contributed by atoms with Crippen LogP contribution in [-0.2, 0) is 9.59 Å². The van der Waals surface area contributed by atoms with E-state index in [-0.39, 0.29) is 18.5 Å². The van der Waals surface area contributed by atoms with E-state index in [1.54, 1.807) is 24.3 Å². The first-order chi connectivity index (χ1) is 9.99. The van der Waals surface area contributed by atoms with Crippen molar-refractivity contribution in [2.75, 3.05) is 0 Å². The molecule has 21 heavy (non-hydrogen) atoms. The molecule has 0 fully saturated rings. The predicted molar refractivity (Wildman–Crippen MR) is 71.9 cm³/mol. The molecular formula is C13H13N3O5. The van der Waals surface area contributed by atoms with Gasteiger partial charge in [-0.1, -0.05) is 18.2 Å². The molecule has 1 amide bonds. The highest BCUT2D eigenvalue weighted by atomic mass is 16.4. The van der Waals surface area contributed by atoms with Crippen LogP contribution in [0, 0.1) is 0 Å². The smallest absolute Gasteiger partial charge is 0.326 e. The predicted octanol–water partition coefficient (Wildman–Crippen LogP) is 0.611. The molecule has 2 aromatic rings. The highest BCUT2D eigenvalue weighted by Gasteiger charge is 2.23. The van der Waals surface area contributed by atoms with Crippen molar-refractivity contribution < 1.29 is 24.6 Å². The Kier molecular flexibility index (Phi) is 4.17. The van der Waals surface area contributed by atoms with Crippen LogP contribution in [0.4, 0.5) is 0 Å². The normalized spacial score (nSPS) is 12.0. The SMILES string of the molecule is O=C(O)CC[C@@H](NC(=O)c1n[nH]c2ccccc12)C(=O)O. The Morgan fingerprint density at radius 3 is 2.62 bits per heavy atom. The van der Waals surface area contributed by atoms with Gasteiger partial charge in [0.05, 0.1) is 5.52 Å². The van der Waals surface area contributed by atoms with Crippen LogP contribution in [0.2, 0.25) is 0 Å². The third kappa shape index (κ3) is 3.35. The number of carboxylic acids is 2. The topological polar surface area (TPSA) is 132 Å². The Balaban J connectivity index is 2.15. The molecule has 4 N–H and O–H groups in total. The van der Waals surface area contributed by atoms with Gasteiger partial charge in [-0.05, 0) is 12.5 Å². The van der Waals surface area contributed by atoms with Crippen molar-refractivity contribution >= 4 is 28.7 Å². The summed E-state index contributed by atoms with van der Waals surface area (Å²) in [5.41, 5.74) is 0.729. The molecule has 0 unspecified atom stereocenters. The minimum Gasteiger partial charge on any atom is -0.481 e. The number of rotatable bonds is 6. The van der Waals surface area contributed by atoms with E-state index >= 15 is 0 Å². The third-order valence-corrected chi connectivity index (χ3v) is 2.94. The molecule has 0 aliphatic rings. The summed E-state index contributed by atoms with van der Waals surface area (Å²) in [6.45, 7) is 0. The largest absolute Gasteiger partial charge is 0.481 e. The summed E-state index contributed by atoms with van der Waals surface area (Å²) in [5.74, 6) is -3.07. The highest BCUT2D eigenvalue weighted by Crippen LogP contribution is 2.15. The molecule has 0 saturated carbocycles. The van der Waals surface area contributed by atoms with Crippen LogP contribution in [0.3, 0.4) is 0 Å². The number of aromatic nitrogens is 2. The summed E-state index contributed by atoms with van der Waals surface area (Å²) >= 11 is 0. The molecule has 0 bridgehead atoms. The van der Waals surface area contributed by atoms with Gasteiger partial charge in [-0.2, -0.15) is 5.10 Å². The van der Waals surface area contributed by atoms with Crippen LogP contribution < -0.4 is 5.32 Å². The van der Waals surface area contributed by atoms with Crippen LogP contribution in [0.1, 0.15) is 23.3 Å². The lowest BCUT2D eigenvalue weighted by molar-refractivity contribution is -0.140. The highest BCUT2D eigenvalue weighted by molar-refractivity contribution is 6.05. The van der Waals surface area contributed by atoms with Crippen LogP contribution in [0.25, 0.3) is 10.9 Å². The van der Waals surface area contributed by atoms with E-state index in [0.29, 0.717) is 10.9 Å². The number of carbonyl (C=O) groups is 3. The molecule has 1 heterocycles. The number of H-pyrrole nitrogens is 1. The molecule has 0 spiro atoms. The fraction of sp³-hybridized carbons (Fsp3) is 0.231. The van der Waals surface area contributed by atoms with Crippen molar-refractivity contribution in [3.05, 3.63) is 30.0 Å². The maximum Gasteiger partial charge on any atom is 0.326 e. The van der Waals surface area contributed by atoms with Gasteiger partial charge < -0.3 is 15.5 Å². The fourth-order valence-corrected chi connectivity index (χ4v) is 1.89. The Morgan fingerprint density at radius 2 is 1.95 bits per heavy atom. The van der Waals surface area contributed by atoms with Crippen molar-refractivity contribution in [3.8, 4) is 0 Å². The van der Waals surface area contributed by atoms with Crippen molar-refractivity contribution in [3.63, 3.8) is 0 Å². The van der Waals surface area contributed by atoms with Gasteiger partial charge in [-0.15, -0.1) is 0 Å². The van der Waals surface area contributed by atoms with E-state index in [4.69, 9.17) is 10.2 Å². The monoisotopic (exact) mass is 291 g/mol. The number of nitrogens with one attached hydrogen (secondary N) is 2. The lowest BCUT2D eigenvalue weighted by atomic mass is 10.1. The number of amides is 1. The molecule has 8 heteroatoms. The maximum absolute atomic E-state index is 12.1. The molecule has 1 aromatic carbocycles. The molecule has 0 aliphatic heterocycles. The number of hydrogen-bond donors (Lipinski definition) is 4. The zero-order valence-electron chi connectivity index (χ0n) is 10.9. The molecule has 110 valence electrons. The zero-order valence-corrected chi connectivity index (χ0v) is 10.9. The molecular weight excluding hydrogens is 278 g/mol. The number of nitrogens with zero attached hydrogens (tertiary/aromatic N) is 1. The molecule has 1 atom stereocenters. The van der Waals surface area contributed by atoms with E-state index in [9.17, 15) is 14.4 Å². The standard InChI is InChI=1S/C13H13N3O5/c17-10(18)6-5-9(13(20)21)14-12(19)11-7-3-1-2-4-8(7)15-16-11/h1-4,9H,5-6H2,(H,14,19)(H,15,16)(H,17,18)(H,20,21)/t9-/m1/s1. The van der Waals surface area contributed by atoms with Crippen molar-refractivity contribution in [1.82, 2.24) is 15.5 Å². The minimum atomic E-state index is -1.29. The second-order valence-electron chi connectivity index (χ2n) is 4.41. The van der Waals surface area contributed by atoms with Gasteiger partial charge in [0.25, 0.3) is 5.91 Å². The first-order valence-corrected chi connectivity index (χ1v) is 6.17. The molecule has 1 aromatic heterocycles. The molecule has 8 nitrogen and oxygen atoms in total. The molecule has 0 aliphatic carbocycles. The van der Waals surface area contributed by atoms with Gasteiger partial charge in [-0.3, -0.25) is 14.7 Å². The van der Waals surface area contributed by atoms with Crippen molar-refractivity contribution in [1.29, 1.82) is 0 Å². The molecule has 0 radical (unpaired) electrons. The minimum absolute atomic E-state index is 0.0761. The number of carbonyl (C=O) groups excluding carboxylic acids is 1. The first kappa shape index (κ1) is 14.5. The summed E-state index contributed by atoms with van der Waals surface area (Å²) in [6, 6.07) is 5.64. The zero-order chi connectivity index (χ0) is 15.4. The van der Waals surface area contributed by atoms with Crippen LogP contribution in [0.15, 0.2) is 24.3 Å². The number of carboxylic acid groups (broad SMARTS) is 2. The number of hydrogen-bond acceptors (Lipinski definition) is 4. The molecule has 0 saturated heterocycles. The van der Waals surface area contributed by atoms with E-state index in [1.165, 1.54) is 0 Å². The summed E-state index contributed by atoms with van der Waals surface area (Å²) in [4.78, 5) is 33.6. The lowest BCUT2D eigenvalue weighted by Gasteiger charge is -2.12. The fourth-order valence-electron chi connectivity index (χ4n) is 1.89. The summed E-state index contributed by atoms with van der Waals surface area (Å²) < 4.78 is 0. The van der Waals surface area contributed by atoms with Gasteiger partial charge in [0.1, 0.15) is 6.04 Å². The van der Waals surface area contributed by atoms with Gasteiger partial charge in [-0.25, -0.2) is 4.79 Å². The van der Waals surface area contributed by atoms with E-state index in [1.807, 2.05) is 0 Å². The summed E-state index contributed by atoms with van der Waals surface area (Å²) in [5, 5.41) is 27.0. The number of benzene rings is 1. The van der Waals surface area contributed by atoms with Crippen LogP contribution >= 0.6 is 0 Å². The van der Waals surface area contributed by atoms with E-state index < -0.39 is 23.9 Å². The average Bonchev–Trinajstić information content (AvgIpc) is 2.86. The maximum atomic E-state index is 12.1. The Bertz CT molecular complexity index is 694. The van der Waals surface area contributed by atoms with Gasteiger partial charge >= 0.3 is 11.9 Å². The van der Waals surface area contributed by atoms with Gasteiger partial charge in [0, 0.05) is 11.8 Å². The number of aliphatic carboxylic acids is 2. The van der Waals surface area contributed by atoms with Crippen molar-refractivity contribution in [2.24, 2.45) is 0 Å². The van der Waals surface area contributed by atoms with Gasteiger partial charge in [0.15, 0.2) is 5.69 Å². The quantitative estimate of drug-likeness (QED) is 0.616. The summed E-state index contributed by atoms with van der Waals surface area (Å²) in [6.07, 6.45) is -0.544. The van der Waals surface area contributed by atoms with Gasteiger partial charge in [0.2, 0.25) is 0 Å². The van der Waals surface area contributed by atoms with E-state index in [2.05, 4.69) is 15.5 Å².